The number of para-hydroxylation sites is 1. The predicted octanol–water partition coefficient (Wildman–Crippen LogP) is 7.68. The summed E-state index contributed by atoms with van der Waals surface area (Å²) in [5, 5.41) is 5.17. The Hall–Kier alpha value is -3.99. The van der Waals surface area contributed by atoms with Gasteiger partial charge in [-0.15, -0.1) is 0 Å². The topological polar surface area (TPSA) is 59.1 Å². The van der Waals surface area contributed by atoms with E-state index in [-0.39, 0.29) is 28.3 Å². The third-order valence-electron chi connectivity index (χ3n) is 12.1. The normalized spacial score (nSPS) is 28.5. The van der Waals surface area contributed by atoms with Gasteiger partial charge in [0.05, 0.1) is 22.9 Å². The van der Waals surface area contributed by atoms with E-state index in [9.17, 15) is 9.59 Å². The molecule has 1 aliphatic heterocycles. The zero-order valence-electron chi connectivity index (χ0n) is 27.1. The maximum Gasteiger partial charge on any atom is 0.187 e. The molecule has 0 bridgehead atoms. The summed E-state index contributed by atoms with van der Waals surface area (Å²) < 4.78 is 0. The minimum atomic E-state index is -0.323. The molecule has 5 unspecified atom stereocenters. The fraction of sp³-hybridized carbons (Fsp3) is 0.390. The van der Waals surface area contributed by atoms with Crippen molar-refractivity contribution < 1.29 is 9.59 Å². The molecule has 0 spiro atoms. The Morgan fingerprint density at radius 2 is 1.76 bits per heavy atom. The van der Waals surface area contributed by atoms with Gasteiger partial charge in [0.25, 0.3) is 0 Å². The first kappa shape index (κ1) is 29.4. The second-order valence-corrected chi connectivity index (χ2v) is 14.6. The number of fused-ring (bicyclic) bond motifs is 7. The van der Waals surface area contributed by atoms with Crippen LogP contribution in [-0.4, -0.2) is 30.3 Å². The molecule has 232 valence electrons. The maximum absolute atomic E-state index is 12.7. The number of Topliss-reactive ketones (excluding diaryl/α,β-unsaturated/α-hetero) is 1. The molecule has 1 saturated carbocycles. The molecule has 4 aliphatic carbocycles. The van der Waals surface area contributed by atoms with Crippen molar-refractivity contribution in [2.24, 2.45) is 17.3 Å². The smallest absolute Gasteiger partial charge is 0.187 e. The minimum Gasteiger partial charge on any atom is -0.378 e. The molecule has 1 N–H and O–H groups in total. The number of pyridine rings is 1. The molecule has 2 aromatic carbocycles. The highest BCUT2D eigenvalue weighted by Crippen LogP contribution is 2.64. The average molecular weight is 607 g/mol. The number of aromatic nitrogens is 1. The highest BCUT2D eigenvalue weighted by molar-refractivity contribution is 6.57. The third kappa shape index (κ3) is 4.60. The molecule has 2 heterocycles. The van der Waals surface area contributed by atoms with Crippen LogP contribution in [0.4, 0.5) is 0 Å². The van der Waals surface area contributed by atoms with E-state index in [2.05, 4.69) is 90.3 Å². The molecule has 0 saturated heterocycles. The number of carbonyl (C=O) groups is 2. The average Bonchev–Trinajstić information content (AvgIpc) is 3.50. The maximum atomic E-state index is 12.7. The van der Waals surface area contributed by atoms with Crippen molar-refractivity contribution in [1.82, 2.24) is 10.3 Å². The quantitative estimate of drug-likeness (QED) is 0.254. The predicted molar refractivity (Wildman–Crippen MR) is 188 cm³/mol. The number of dihydropyridines is 1. The van der Waals surface area contributed by atoms with Crippen LogP contribution in [-0.2, 0) is 15.0 Å². The number of ketones is 1. The summed E-state index contributed by atoms with van der Waals surface area (Å²) in [4.78, 5) is 30.7. The number of carbonyl (C=O) groups excluding carboxylic acids is 2. The van der Waals surface area contributed by atoms with Gasteiger partial charge in [0.1, 0.15) is 5.78 Å². The summed E-state index contributed by atoms with van der Waals surface area (Å²) in [5.41, 5.74) is 9.90. The second-order valence-electron chi connectivity index (χ2n) is 14.6. The summed E-state index contributed by atoms with van der Waals surface area (Å²) in [5.74, 6) is 1.29. The van der Waals surface area contributed by atoms with E-state index in [0.29, 0.717) is 24.7 Å². The molecule has 4 nitrogen and oxygen atoms in total. The highest BCUT2D eigenvalue weighted by Gasteiger charge is 2.56. The number of nitrogens with zero attached hydrogens (tertiary/aromatic N) is 1. The van der Waals surface area contributed by atoms with E-state index >= 15 is 0 Å². The van der Waals surface area contributed by atoms with Gasteiger partial charge in [0.2, 0.25) is 0 Å². The lowest BCUT2D eigenvalue weighted by Crippen LogP contribution is -2.37. The van der Waals surface area contributed by atoms with Crippen LogP contribution in [0, 0.1) is 17.3 Å². The van der Waals surface area contributed by atoms with Crippen molar-refractivity contribution in [3.8, 4) is 11.3 Å². The molecule has 0 amide bonds. The van der Waals surface area contributed by atoms with Gasteiger partial charge in [-0.2, -0.15) is 0 Å². The Labute approximate surface area is 273 Å². The summed E-state index contributed by atoms with van der Waals surface area (Å²) in [6.45, 7) is 1.76. The first-order valence-electron chi connectivity index (χ1n) is 17.5. The van der Waals surface area contributed by atoms with Crippen molar-refractivity contribution in [3.63, 3.8) is 0 Å². The third-order valence-corrected chi connectivity index (χ3v) is 12.1. The van der Waals surface area contributed by atoms with Crippen molar-refractivity contribution in [3.05, 3.63) is 113 Å². The zero-order chi connectivity index (χ0) is 31.5. The van der Waals surface area contributed by atoms with Gasteiger partial charge in [-0.25, -0.2) is 4.98 Å². The molecule has 46 heavy (non-hydrogen) atoms. The van der Waals surface area contributed by atoms with Gasteiger partial charge in [-0.05, 0) is 92.2 Å². The molecule has 3 aromatic rings. The monoisotopic (exact) mass is 606 g/mol. The van der Waals surface area contributed by atoms with E-state index in [0.717, 1.165) is 42.3 Å². The van der Waals surface area contributed by atoms with Crippen LogP contribution in [0.1, 0.15) is 82.3 Å². The van der Waals surface area contributed by atoms with E-state index in [1.807, 2.05) is 0 Å². The lowest BCUT2D eigenvalue weighted by Gasteiger charge is -2.44. The Balaban J connectivity index is 1.29. The van der Waals surface area contributed by atoms with E-state index in [1.54, 1.807) is 14.8 Å². The number of allylic oxidation sites excluding steroid dienone is 5. The van der Waals surface area contributed by atoms with Crippen LogP contribution < -0.4 is 5.32 Å². The van der Waals surface area contributed by atoms with Crippen LogP contribution in [0.2, 0.25) is 0 Å². The SMILES string of the molecule is BC(=O)CCC1(CCC2(CCC(C)=O)C3=C(NC4C=CC=CC4=C3)C3CCCCC32)c2ccccc2-c2nc3ccccc3cc21. The van der Waals surface area contributed by atoms with Crippen molar-refractivity contribution >= 4 is 30.2 Å². The van der Waals surface area contributed by atoms with Crippen molar-refractivity contribution in [2.75, 3.05) is 0 Å². The number of benzene rings is 2. The molecule has 5 heteroatoms. The number of nitrogens with one attached hydrogen (secondary N) is 1. The molecule has 0 radical (unpaired) electrons. The van der Waals surface area contributed by atoms with Gasteiger partial charge in [0.15, 0.2) is 7.85 Å². The molecular weight excluding hydrogens is 563 g/mol. The Kier molecular flexibility index (Phi) is 7.27. The Morgan fingerprint density at radius 3 is 2.63 bits per heavy atom. The van der Waals surface area contributed by atoms with Crippen LogP contribution >= 0.6 is 0 Å². The Morgan fingerprint density at radius 1 is 0.935 bits per heavy atom. The summed E-state index contributed by atoms with van der Waals surface area (Å²) in [6.07, 6.45) is 21.0. The van der Waals surface area contributed by atoms with Gasteiger partial charge in [0, 0.05) is 39.8 Å². The summed E-state index contributed by atoms with van der Waals surface area (Å²) >= 11 is 0. The molecule has 1 aromatic heterocycles. The summed E-state index contributed by atoms with van der Waals surface area (Å²) in [7, 11) is 1.73. The fourth-order valence-electron chi connectivity index (χ4n) is 9.96. The number of rotatable bonds is 9. The van der Waals surface area contributed by atoms with Crippen LogP contribution in [0.3, 0.4) is 0 Å². The van der Waals surface area contributed by atoms with Gasteiger partial charge in [-0.1, -0.05) is 85.7 Å². The van der Waals surface area contributed by atoms with Crippen molar-refractivity contribution in [2.45, 2.75) is 82.6 Å². The first-order chi connectivity index (χ1) is 22.4. The molecule has 5 aliphatic rings. The van der Waals surface area contributed by atoms with E-state index < -0.39 is 0 Å². The van der Waals surface area contributed by atoms with Crippen molar-refractivity contribution in [1.29, 1.82) is 0 Å². The largest absolute Gasteiger partial charge is 0.378 e. The molecule has 5 atom stereocenters. The standard InChI is InChI=1S/C41H43BN2O2/c1-26(45)18-20-40(31-14-6-4-12-29(31)38-33(40)24-27-10-2-8-16-35(27)43-38)22-23-41(21-19-37(42)46)32-15-7-5-13-30(32)39-34(41)25-28-11-3-9-17-36(28)44-39/h2-3,5,7-11,13,15-17,24-25,29,31,35,43H,4,6,12,14,18-23,42H2,1H3. The lowest BCUT2D eigenvalue weighted by atomic mass is 9.59. The van der Waals surface area contributed by atoms with Crippen LogP contribution in [0.5, 0.6) is 0 Å². The van der Waals surface area contributed by atoms with Crippen LogP contribution in [0.15, 0.2) is 102 Å². The van der Waals surface area contributed by atoms with E-state index in [4.69, 9.17) is 4.98 Å². The lowest BCUT2D eigenvalue weighted by molar-refractivity contribution is -0.117. The molecule has 1 fully saturated rings. The summed E-state index contributed by atoms with van der Waals surface area (Å²) in [6, 6.07) is 19.8. The van der Waals surface area contributed by atoms with Gasteiger partial charge < -0.3 is 14.9 Å². The molecule has 8 rings (SSSR count). The first-order valence-corrected chi connectivity index (χ1v) is 17.5. The fourth-order valence-corrected chi connectivity index (χ4v) is 9.96. The highest BCUT2D eigenvalue weighted by atomic mass is 16.1. The number of hydrogen-bond donors (Lipinski definition) is 1. The van der Waals surface area contributed by atoms with Gasteiger partial charge >= 0.3 is 0 Å². The second kappa shape index (κ2) is 11.4. The van der Waals surface area contributed by atoms with Gasteiger partial charge in [-0.3, -0.25) is 0 Å². The zero-order valence-corrected chi connectivity index (χ0v) is 27.1. The van der Waals surface area contributed by atoms with E-state index in [1.165, 1.54) is 59.2 Å². The molecular formula is C41H43BN2O2. The number of hydrogen-bond acceptors (Lipinski definition) is 4. The van der Waals surface area contributed by atoms with Crippen LogP contribution in [0.25, 0.3) is 22.2 Å². The minimum absolute atomic E-state index is 0.0999. The Bertz CT molecular complexity index is 1880.